The van der Waals surface area contributed by atoms with Crippen LogP contribution < -0.4 is 5.32 Å². The maximum atomic E-state index is 10.5. The van der Waals surface area contributed by atoms with Crippen LogP contribution in [0.2, 0.25) is 0 Å². The Morgan fingerprint density at radius 1 is 1.33 bits per heavy atom. The second-order valence-corrected chi connectivity index (χ2v) is 7.84. The van der Waals surface area contributed by atoms with Gasteiger partial charge in [0.1, 0.15) is 0 Å². The Kier molecular flexibility index (Phi) is 3.31. The number of hydrogen-bond donors (Lipinski definition) is 2. The summed E-state index contributed by atoms with van der Waals surface area (Å²) in [5.41, 5.74) is 4.26. The zero-order chi connectivity index (χ0) is 16.4. The van der Waals surface area contributed by atoms with Gasteiger partial charge in [-0.05, 0) is 36.3 Å². The minimum Gasteiger partial charge on any atom is -0.368 e. The van der Waals surface area contributed by atoms with Gasteiger partial charge in [-0.2, -0.15) is 0 Å². The van der Waals surface area contributed by atoms with E-state index in [0.29, 0.717) is 30.5 Å². The summed E-state index contributed by atoms with van der Waals surface area (Å²) in [7, 11) is 2.20. The lowest BCUT2D eigenvalue weighted by Gasteiger charge is -2.52. The third kappa shape index (κ3) is 1.91. The van der Waals surface area contributed by atoms with Crippen LogP contribution in [0, 0.1) is 17.8 Å². The minimum absolute atomic E-state index is 0.215. The first kappa shape index (κ1) is 14.9. The molecule has 24 heavy (non-hydrogen) atoms. The molecule has 2 saturated heterocycles. The lowest BCUT2D eigenvalue weighted by atomic mass is 9.65. The van der Waals surface area contributed by atoms with E-state index in [-0.39, 0.29) is 5.92 Å². The van der Waals surface area contributed by atoms with Gasteiger partial charge in [0, 0.05) is 41.6 Å². The number of aromatic nitrogens is 1. The summed E-state index contributed by atoms with van der Waals surface area (Å²) in [6.07, 6.45) is 2.62. The minimum atomic E-state index is -0.618. The van der Waals surface area contributed by atoms with Crippen molar-refractivity contribution in [3.05, 3.63) is 35.5 Å². The van der Waals surface area contributed by atoms with Gasteiger partial charge in [-0.25, -0.2) is 0 Å². The molecule has 2 bridgehead atoms. The predicted octanol–water partition coefficient (Wildman–Crippen LogP) is 2.74. The summed E-state index contributed by atoms with van der Waals surface area (Å²) in [6, 6.07) is 9.44. The number of nitrogens with zero attached hydrogens (tertiary/aromatic N) is 1. The highest BCUT2D eigenvalue weighted by atomic mass is 16.6. The highest BCUT2D eigenvalue weighted by Gasteiger charge is 2.50. The summed E-state index contributed by atoms with van der Waals surface area (Å²) >= 11 is 0. The molecule has 1 aromatic heterocycles. The number of ether oxygens (including phenoxy) is 1. The molecule has 2 aromatic rings. The van der Waals surface area contributed by atoms with E-state index in [4.69, 9.17) is 4.74 Å². The van der Waals surface area contributed by atoms with Crippen molar-refractivity contribution in [3.63, 3.8) is 0 Å². The van der Waals surface area contributed by atoms with E-state index in [1.165, 1.54) is 22.2 Å². The number of aliphatic hydroxyl groups is 1. The molecule has 2 fully saturated rings. The van der Waals surface area contributed by atoms with E-state index in [1.54, 1.807) is 0 Å². The molecule has 3 aliphatic rings. The third-order valence-electron chi connectivity index (χ3n) is 6.84. The van der Waals surface area contributed by atoms with Crippen molar-refractivity contribution in [2.45, 2.75) is 44.6 Å². The monoisotopic (exact) mass is 326 g/mol. The van der Waals surface area contributed by atoms with Crippen LogP contribution >= 0.6 is 0 Å². The lowest BCUT2D eigenvalue weighted by Crippen LogP contribution is -2.59. The molecular formula is C20H26N2O2. The van der Waals surface area contributed by atoms with Gasteiger partial charge in [0.05, 0.1) is 6.61 Å². The molecule has 0 aliphatic carbocycles. The molecule has 6 unspecified atom stereocenters. The van der Waals surface area contributed by atoms with Crippen LogP contribution in [0.4, 0.5) is 0 Å². The Labute approximate surface area is 142 Å². The largest absolute Gasteiger partial charge is 0.368 e. The number of benzene rings is 1. The number of fused-ring (bicyclic) bond motifs is 8. The zero-order valence-electron chi connectivity index (χ0n) is 14.4. The number of hydrogen-bond acceptors (Lipinski definition) is 3. The predicted molar refractivity (Wildman–Crippen MR) is 93.6 cm³/mol. The average molecular weight is 326 g/mol. The number of aliphatic hydroxyl groups excluding tert-OH is 1. The van der Waals surface area contributed by atoms with Gasteiger partial charge in [-0.15, -0.1) is 0 Å². The topological polar surface area (TPSA) is 46.4 Å². The Morgan fingerprint density at radius 3 is 3.00 bits per heavy atom. The molecule has 4 nitrogen and oxygen atoms in total. The van der Waals surface area contributed by atoms with Crippen molar-refractivity contribution in [2.75, 3.05) is 6.61 Å². The normalized spacial score (nSPS) is 38.0. The van der Waals surface area contributed by atoms with E-state index in [9.17, 15) is 5.11 Å². The van der Waals surface area contributed by atoms with Crippen LogP contribution in [0.1, 0.15) is 37.1 Å². The second kappa shape index (κ2) is 5.32. The van der Waals surface area contributed by atoms with Gasteiger partial charge in [-0.1, -0.05) is 31.5 Å². The third-order valence-corrected chi connectivity index (χ3v) is 6.84. The van der Waals surface area contributed by atoms with Crippen molar-refractivity contribution in [2.24, 2.45) is 24.8 Å². The van der Waals surface area contributed by atoms with E-state index in [1.807, 2.05) is 0 Å². The molecule has 0 amide bonds. The number of piperidine rings is 1. The van der Waals surface area contributed by atoms with Gasteiger partial charge in [0.2, 0.25) is 0 Å². The zero-order valence-corrected chi connectivity index (χ0v) is 14.4. The van der Waals surface area contributed by atoms with Crippen molar-refractivity contribution in [1.82, 2.24) is 9.88 Å². The number of nitrogens with one attached hydrogen (secondary N) is 1. The van der Waals surface area contributed by atoms with Crippen LogP contribution in [-0.2, 0) is 18.2 Å². The molecule has 4 heteroatoms. The molecule has 0 radical (unpaired) electrons. The van der Waals surface area contributed by atoms with Crippen LogP contribution in [0.5, 0.6) is 0 Å². The van der Waals surface area contributed by atoms with Crippen LogP contribution in [-0.4, -0.2) is 28.6 Å². The fourth-order valence-electron chi connectivity index (χ4n) is 5.72. The lowest BCUT2D eigenvalue weighted by molar-refractivity contribution is -0.216. The van der Waals surface area contributed by atoms with Gasteiger partial charge < -0.3 is 19.7 Å². The first-order chi connectivity index (χ1) is 11.7. The molecule has 0 saturated carbocycles. The quantitative estimate of drug-likeness (QED) is 0.847. The summed E-state index contributed by atoms with van der Waals surface area (Å²) < 4.78 is 8.12. The van der Waals surface area contributed by atoms with Gasteiger partial charge in [0.15, 0.2) is 6.29 Å². The van der Waals surface area contributed by atoms with Gasteiger partial charge in [-0.3, -0.25) is 0 Å². The first-order valence-corrected chi connectivity index (χ1v) is 9.31. The van der Waals surface area contributed by atoms with Crippen LogP contribution in [0.15, 0.2) is 24.3 Å². The summed E-state index contributed by atoms with van der Waals surface area (Å²) in [5, 5.41) is 15.7. The van der Waals surface area contributed by atoms with Crippen LogP contribution in [0.3, 0.4) is 0 Å². The molecule has 1 aromatic carbocycles. The van der Waals surface area contributed by atoms with Crippen LogP contribution in [0.25, 0.3) is 10.9 Å². The van der Waals surface area contributed by atoms with Gasteiger partial charge >= 0.3 is 0 Å². The molecule has 128 valence electrons. The molecule has 3 aliphatic heterocycles. The molecule has 4 heterocycles. The fourth-order valence-corrected chi connectivity index (χ4v) is 5.72. The van der Waals surface area contributed by atoms with E-state index in [2.05, 4.69) is 48.1 Å². The summed E-state index contributed by atoms with van der Waals surface area (Å²) in [4.78, 5) is 0. The van der Waals surface area contributed by atoms with Gasteiger partial charge in [0.25, 0.3) is 0 Å². The Bertz CT molecular complexity index is 783. The van der Waals surface area contributed by atoms with Crippen molar-refractivity contribution in [3.8, 4) is 0 Å². The second-order valence-electron chi connectivity index (χ2n) is 7.84. The Morgan fingerprint density at radius 2 is 2.17 bits per heavy atom. The highest BCUT2D eigenvalue weighted by molar-refractivity contribution is 5.86. The SMILES string of the molecule is CCC1COC(O)C2C3Cc4c(n(C)c5ccccc45)C(CC12)N3. The fraction of sp³-hybridized carbons (Fsp3) is 0.600. The van der Waals surface area contributed by atoms with Crippen molar-refractivity contribution in [1.29, 1.82) is 0 Å². The highest BCUT2D eigenvalue weighted by Crippen LogP contribution is 2.49. The Hall–Kier alpha value is -1.36. The molecular weight excluding hydrogens is 300 g/mol. The Balaban J connectivity index is 1.63. The maximum absolute atomic E-state index is 10.5. The van der Waals surface area contributed by atoms with E-state index in [0.717, 1.165) is 19.3 Å². The van der Waals surface area contributed by atoms with Crippen molar-refractivity contribution >= 4 is 10.9 Å². The number of aryl methyl sites for hydroxylation is 1. The maximum Gasteiger partial charge on any atom is 0.159 e. The number of para-hydroxylation sites is 1. The van der Waals surface area contributed by atoms with E-state index < -0.39 is 6.29 Å². The molecule has 2 N–H and O–H groups in total. The van der Waals surface area contributed by atoms with E-state index >= 15 is 0 Å². The number of rotatable bonds is 1. The summed E-state index contributed by atoms with van der Waals surface area (Å²) in [5.74, 6) is 1.34. The standard InChI is InChI=1S/C20H26N2O2/c1-3-11-10-24-20(23)18-13(11)8-16-19-14(9-15(18)21-16)12-6-4-5-7-17(12)22(19)2/h4-7,11,13,15-16,18,20-21,23H,3,8-10H2,1-2H3. The first-order valence-electron chi connectivity index (χ1n) is 9.31. The smallest absolute Gasteiger partial charge is 0.159 e. The molecule has 5 rings (SSSR count). The summed E-state index contributed by atoms with van der Waals surface area (Å²) in [6.45, 7) is 2.96. The van der Waals surface area contributed by atoms with Crippen molar-refractivity contribution < 1.29 is 9.84 Å². The molecule has 0 spiro atoms. The average Bonchev–Trinajstić information content (AvgIpc) is 2.88. The molecule has 6 atom stereocenters.